The summed E-state index contributed by atoms with van der Waals surface area (Å²) in [5, 5.41) is 0. The number of nitrogens with two attached hydrogens (primary N) is 1. The van der Waals surface area contributed by atoms with Gasteiger partial charge >= 0.3 is 5.95 Å². The monoisotopic (exact) mass is 414 g/mol. The van der Waals surface area contributed by atoms with Gasteiger partial charge in [0.05, 0.1) is 7.05 Å². The Bertz CT molecular complexity index is 1010. The molecule has 0 aliphatic carbocycles. The first-order chi connectivity index (χ1) is 12.5. The molecule has 132 valence electrons. The lowest BCUT2D eigenvalue weighted by atomic mass is 10.1. The molecule has 0 radical (unpaired) electrons. The molecule has 0 saturated carbocycles. The third kappa shape index (κ3) is 2.94. The van der Waals surface area contributed by atoms with Gasteiger partial charge in [0.2, 0.25) is 6.79 Å². The number of anilines is 1. The molecule has 2 N–H and O–H groups in total. The Hall–Kier alpha value is -2.80. The zero-order valence-corrected chi connectivity index (χ0v) is 15.7. The van der Waals surface area contributed by atoms with E-state index in [-0.39, 0.29) is 19.1 Å². The predicted octanol–water partition coefficient (Wildman–Crippen LogP) is 2.94. The van der Waals surface area contributed by atoms with Gasteiger partial charge in [-0.3, -0.25) is 10.5 Å². The lowest BCUT2D eigenvalue weighted by Gasteiger charge is -2.01. The van der Waals surface area contributed by atoms with E-state index in [0.29, 0.717) is 17.3 Å². The molecular weight excluding hydrogens is 398 g/mol. The van der Waals surface area contributed by atoms with Crippen molar-refractivity contribution in [2.45, 2.75) is 6.54 Å². The molecule has 7 heteroatoms. The van der Waals surface area contributed by atoms with Crippen molar-refractivity contribution in [2.24, 2.45) is 7.05 Å². The van der Waals surface area contributed by atoms with Gasteiger partial charge in [0.15, 0.2) is 17.3 Å². The third-order valence-corrected chi connectivity index (χ3v) is 4.90. The van der Waals surface area contributed by atoms with E-state index in [4.69, 9.17) is 15.2 Å². The van der Waals surface area contributed by atoms with Crippen LogP contribution in [0.5, 0.6) is 11.5 Å². The number of halogens is 1. The fourth-order valence-corrected chi connectivity index (χ4v) is 3.37. The number of benzene rings is 2. The van der Waals surface area contributed by atoms with Gasteiger partial charge in [-0.1, -0.05) is 28.1 Å². The molecule has 0 unspecified atom stereocenters. The number of fused-ring (bicyclic) bond motifs is 1. The number of carbonyl (C=O) groups is 1. The van der Waals surface area contributed by atoms with E-state index in [1.807, 2.05) is 48.1 Å². The Morgan fingerprint density at radius 1 is 1.23 bits per heavy atom. The summed E-state index contributed by atoms with van der Waals surface area (Å²) >= 11 is 3.39. The lowest BCUT2D eigenvalue weighted by Crippen LogP contribution is -2.39. The highest BCUT2D eigenvalue weighted by atomic mass is 79.9. The Morgan fingerprint density at radius 2 is 2.04 bits per heavy atom. The number of Topliss-reactive ketones (excluding diaryl/α,β-unsaturated/α-hetero) is 1. The normalized spacial score (nSPS) is 12.4. The molecule has 0 spiro atoms. The molecule has 1 aliphatic heterocycles. The maximum absolute atomic E-state index is 12.6. The van der Waals surface area contributed by atoms with Crippen molar-refractivity contribution in [1.29, 1.82) is 0 Å². The molecule has 2 heterocycles. The van der Waals surface area contributed by atoms with Crippen LogP contribution in [0.15, 0.2) is 53.1 Å². The van der Waals surface area contributed by atoms with Gasteiger partial charge in [0.25, 0.3) is 0 Å². The SMILES string of the molecule is Cn1c(-c2ccc3c(c2)OCO3)c[n+](CC(=O)c2cccc(Br)c2)c1N. The van der Waals surface area contributed by atoms with E-state index in [2.05, 4.69) is 15.9 Å². The first kappa shape index (κ1) is 16.7. The molecule has 4 rings (SSSR count). The summed E-state index contributed by atoms with van der Waals surface area (Å²) in [6.45, 7) is 0.399. The minimum Gasteiger partial charge on any atom is -0.454 e. The Morgan fingerprint density at radius 3 is 2.85 bits per heavy atom. The summed E-state index contributed by atoms with van der Waals surface area (Å²) in [5.74, 6) is 1.93. The highest BCUT2D eigenvalue weighted by molar-refractivity contribution is 9.10. The van der Waals surface area contributed by atoms with Crippen molar-refractivity contribution < 1.29 is 18.8 Å². The molecule has 1 aliphatic rings. The first-order valence-corrected chi connectivity index (χ1v) is 8.85. The Kier molecular flexibility index (Phi) is 4.16. The fraction of sp³-hybridized carbons (Fsp3) is 0.158. The van der Waals surface area contributed by atoms with Crippen molar-refractivity contribution >= 4 is 27.7 Å². The van der Waals surface area contributed by atoms with Gasteiger partial charge in [-0.15, -0.1) is 0 Å². The van der Waals surface area contributed by atoms with E-state index in [1.54, 1.807) is 16.7 Å². The van der Waals surface area contributed by atoms with E-state index < -0.39 is 0 Å². The number of aromatic nitrogens is 2. The Labute approximate surface area is 158 Å². The average molecular weight is 415 g/mol. The molecule has 3 aromatic rings. The van der Waals surface area contributed by atoms with E-state index in [0.717, 1.165) is 21.5 Å². The van der Waals surface area contributed by atoms with Gasteiger partial charge in [-0.25, -0.2) is 9.13 Å². The second kappa shape index (κ2) is 6.49. The molecule has 2 aromatic carbocycles. The zero-order chi connectivity index (χ0) is 18.3. The van der Waals surface area contributed by atoms with Crippen molar-refractivity contribution in [3.8, 4) is 22.8 Å². The standard InChI is InChI=1S/C19H16BrN3O3/c1-22-15(12-5-6-17-18(8-12)26-11-25-17)9-23(19(22)21)10-16(24)13-3-2-4-14(20)7-13/h2-9,21H,10-11H2,1H3/p+1. The maximum atomic E-state index is 12.6. The number of nitrogen functional groups attached to an aromatic ring is 1. The van der Waals surface area contributed by atoms with Crippen molar-refractivity contribution in [3.05, 3.63) is 58.7 Å². The largest absolute Gasteiger partial charge is 0.454 e. The molecular formula is C19H17BrN3O3+. The van der Waals surface area contributed by atoms with E-state index in [1.165, 1.54) is 0 Å². The summed E-state index contributed by atoms with van der Waals surface area (Å²) in [5.41, 5.74) is 8.69. The number of ketones is 1. The van der Waals surface area contributed by atoms with Crippen LogP contribution in [-0.2, 0) is 13.6 Å². The lowest BCUT2D eigenvalue weighted by molar-refractivity contribution is -0.667. The number of rotatable bonds is 4. The van der Waals surface area contributed by atoms with Crippen LogP contribution in [0.25, 0.3) is 11.3 Å². The molecule has 0 amide bonds. The van der Waals surface area contributed by atoms with Gasteiger partial charge in [-0.05, 0) is 30.3 Å². The average Bonchev–Trinajstić information content (AvgIpc) is 3.21. The predicted molar refractivity (Wildman–Crippen MR) is 100 cm³/mol. The van der Waals surface area contributed by atoms with Gasteiger partial charge in [0.1, 0.15) is 18.4 Å². The maximum Gasteiger partial charge on any atom is 0.355 e. The molecule has 1 aromatic heterocycles. The number of nitrogens with zero attached hydrogens (tertiary/aromatic N) is 2. The van der Waals surface area contributed by atoms with Crippen molar-refractivity contribution in [1.82, 2.24) is 4.57 Å². The zero-order valence-electron chi connectivity index (χ0n) is 14.1. The van der Waals surface area contributed by atoms with Crippen LogP contribution in [0.3, 0.4) is 0 Å². The van der Waals surface area contributed by atoms with Crippen LogP contribution in [0.2, 0.25) is 0 Å². The summed E-state index contributed by atoms with van der Waals surface area (Å²) in [6, 6.07) is 13.1. The summed E-state index contributed by atoms with van der Waals surface area (Å²) in [4.78, 5) is 12.6. The van der Waals surface area contributed by atoms with E-state index >= 15 is 0 Å². The summed E-state index contributed by atoms with van der Waals surface area (Å²) < 4.78 is 15.3. The number of ether oxygens (including phenoxy) is 2. The molecule has 26 heavy (non-hydrogen) atoms. The van der Waals surface area contributed by atoms with Crippen LogP contribution < -0.4 is 19.8 Å². The molecule has 0 saturated heterocycles. The molecule has 0 fully saturated rings. The minimum absolute atomic E-state index is 0.00848. The number of hydrogen-bond donors (Lipinski definition) is 1. The minimum atomic E-state index is -0.00848. The fourth-order valence-electron chi connectivity index (χ4n) is 2.98. The second-order valence-electron chi connectivity index (χ2n) is 6.06. The highest BCUT2D eigenvalue weighted by Crippen LogP contribution is 2.35. The number of imidazole rings is 1. The molecule has 0 bridgehead atoms. The van der Waals surface area contributed by atoms with Crippen molar-refractivity contribution in [2.75, 3.05) is 12.5 Å². The third-order valence-electron chi connectivity index (χ3n) is 4.41. The van der Waals surface area contributed by atoms with Gasteiger partial charge in [0, 0.05) is 15.6 Å². The summed E-state index contributed by atoms with van der Waals surface area (Å²) in [6.07, 6.45) is 1.88. The van der Waals surface area contributed by atoms with Gasteiger partial charge in [-0.2, -0.15) is 0 Å². The van der Waals surface area contributed by atoms with E-state index in [9.17, 15) is 4.79 Å². The van der Waals surface area contributed by atoms with Crippen LogP contribution in [0, 0.1) is 0 Å². The van der Waals surface area contributed by atoms with Crippen LogP contribution in [-0.4, -0.2) is 17.1 Å². The van der Waals surface area contributed by atoms with Crippen molar-refractivity contribution in [3.63, 3.8) is 0 Å². The Balaban J connectivity index is 1.65. The van der Waals surface area contributed by atoms with Gasteiger partial charge < -0.3 is 9.47 Å². The topological polar surface area (TPSA) is 70.4 Å². The highest BCUT2D eigenvalue weighted by Gasteiger charge is 2.22. The molecule has 0 atom stereocenters. The molecule has 6 nitrogen and oxygen atoms in total. The quantitative estimate of drug-likeness (QED) is 0.526. The number of hydrogen-bond acceptors (Lipinski definition) is 4. The van der Waals surface area contributed by atoms with Crippen LogP contribution in [0.4, 0.5) is 5.95 Å². The smallest absolute Gasteiger partial charge is 0.355 e. The van der Waals surface area contributed by atoms with Crippen LogP contribution in [0.1, 0.15) is 10.4 Å². The van der Waals surface area contributed by atoms with Crippen LogP contribution >= 0.6 is 15.9 Å². The first-order valence-electron chi connectivity index (χ1n) is 8.06. The second-order valence-corrected chi connectivity index (χ2v) is 6.98. The summed E-state index contributed by atoms with van der Waals surface area (Å²) in [7, 11) is 1.87. The number of carbonyl (C=O) groups excluding carboxylic acids is 1.